The normalized spacial score (nSPS) is 11.0. The SMILES string of the molecule is Cc1cc(Br)cc(C)c1NC(=O)NC(C)(C)C(=O)O. The predicted octanol–water partition coefficient (Wildman–Crippen LogP) is 3.05. The van der Waals surface area contributed by atoms with Crippen LogP contribution in [0, 0.1) is 13.8 Å². The molecule has 0 spiro atoms. The maximum absolute atomic E-state index is 11.8. The second-order valence-electron chi connectivity index (χ2n) is 4.92. The van der Waals surface area contributed by atoms with Crippen LogP contribution in [0.5, 0.6) is 0 Å². The molecule has 0 unspecified atom stereocenters. The maximum Gasteiger partial charge on any atom is 0.328 e. The van der Waals surface area contributed by atoms with E-state index in [1.165, 1.54) is 13.8 Å². The third-order valence-corrected chi connectivity index (χ3v) is 3.15. The Morgan fingerprint density at radius 3 is 2.11 bits per heavy atom. The number of carbonyl (C=O) groups excluding carboxylic acids is 1. The minimum absolute atomic E-state index is 0.541. The van der Waals surface area contributed by atoms with Crippen LogP contribution in [0.3, 0.4) is 0 Å². The van der Waals surface area contributed by atoms with Crippen molar-refractivity contribution in [2.24, 2.45) is 0 Å². The number of amides is 2. The number of anilines is 1. The molecule has 0 fully saturated rings. The molecule has 6 heteroatoms. The molecule has 0 aromatic heterocycles. The highest BCUT2D eigenvalue weighted by Crippen LogP contribution is 2.25. The number of carbonyl (C=O) groups is 2. The number of urea groups is 1. The molecule has 5 nitrogen and oxygen atoms in total. The summed E-state index contributed by atoms with van der Waals surface area (Å²) >= 11 is 3.38. The summed E-state index contributed by atoms with van der Waals surface area (Å²) in [6.07, 6.45) is 0. The highest BCUT2D eigenvalue weighted by Gasteiger charge is 2.29. The number of carboxylic acids is 1. The van der Waals surface area contributed by atoms with Gasteiger partial charge in [0.1, 0.15) is 5.54 Å². The zero-order valence-electron chi connectivity index (χ0n) is 11.3. The lowest BCUT2D eigenvalue weighted by Gasteiger charge is -2.22. The molecule has 0 aliphatic rings. The second kappa shape index (κ2) is 5.61. The van der Waals surface area contributed by atoms with Crippen LogP contribution in [0.4, 0.5) is 10.5 Å². The van der Waals surface area contributed by atoms with Gasteiger partial charge >= 0.3 is 12.0 Å². The van der Waals surface area contributed by atoms with E-state index in [1.807, 2.05) is 26.0 Å². The average molecular weight is 329 g/mol. The minimum Gasteiger partial charge on any atom is -0.480 e. The van der Waals surface area contributed by atoms with E-state index in [4.69, 9.17) is 5.11 Å². The van der Waals surface area contributed by atoms with Crippen molar-refractivity contribution >= 4 is 33.6 Å². The second-order valence-corrected chi connectivity index (χ2v) is 5.84. The number of carboxylic acid groups (broad SMARTS) is 1. The Bertz CT molecular complexity index is 504. The van der Waals surface area contributed by atoms with Gasteiger partial charge in [0.15, 0.2) is 0 Å². The van der Waals surface area contributed by atoms with Crippen LogP contribution in [0.1, 0.15) is 25.0 Å². The van der Waals surface area contributed by atoms with E-state index in [0.717, 1.165) is 15.6 Å². The van der Waals surface area contributed by atoms with E-state index >= 15 is 0 Å². The number of rotatable bonds is 3. The molecule has 2 amide bonds. The minimum atomic E-state index is -1.32. The third-order valence-electron chi connectivity index (χ3n) is 2.70. The average Bonchev–Trinajstić information content (AvgIpc) is 2.22. The van der Waals surface area contributed by atoms with Crippen LogP contribution in [0.25, 0.3) is 0 Å². The third kappa shape index (κ3) is 3.96. The van der Waals surface area contributed by atoms with Crippen molar-refractivity contribution < 1.29 is 14.7 Å². The predicted molar refractivity (Wildman–Crippen MR) is 77.5 cm³/mol. The van der Waals surface area contributed by atoms with Gasteiger partial charge in [0.2, 0.25) is 0 Å². The first-order chi connectivity index (χ1) is 8.63. The van der Waals surface area contributed by atoms with Crippen molar-refractivity contribution in [3.8, 4) is 0 Å². The number of hydrogen-bond acceptors (Lipinski definition) is 2. The van der Waals surface area contributed by atoms with E-state index in [2.05, 4.69) is 26.6 Å². The number of aryl methyl sites for hydroxylation is 2. The highest BCUT2D eigenvalue weighted by molar-refractivity contribution is 9.10. The molecule has 104 valence electrons. The van der Waals surface area contributed by atoms with Crippen molar-refractivity contribution in [2.45, 2.75) is 33.2 Å². The van der Waals surface area contributed by atoms with Gasteiger partial charge in [0.25, 0.3) is 0 Å². The first-order valence-corrected chi connectivity index (χ1v) is 6.52. The van der Waals surface area contributed by atoms with Crippen molar-refractivity contribution in [3.05, 3.63) is 27.7 Å². The Morgan fingerprint density at radius 2 is 1.68 bits per heavy atom. The number of aliphatic carboxylic acids is 1. The standard InChI is InChI=1S/C13H17BrN2O3/c1-7-5-9(14)6-8(2)10(7)15-12(19)16-13(3,4)11(17)18/h5-6H,1-4H3,(H,17,18)(H2,15,16,19). The lowest BCUT2D eigenvalue weighted by molar-refractivity contribution is -0.142. The van der Waals surface area contributed by atoms with E-state index in [9.17, 15) is 9.59 Å². The lowest BCUT2D eigenvalue weighted by atomic mass is 10.1. The van der Waals surface area contributed by atoms with Crippen LogP contribution in [-0.4, -0.2) is 22.6 Å². The fourth-order valence-electron chi connectivity index (χ4n) is 1.59. The summed E-state index contributed by atoms with van der Waals surface area (Å²) in [6, 6.07) is 3.22. The highest BCUT2D eigenvalue weighted by atomic mass is 79.9. The van der Waals surface area contributed by atoms with Crippen LogP contribution in [-0.2, 0) is 4.79 Å². The molecule has 0 radical (unpaired) electrons. The topological polar surface area (TPSA) is 78.4 Å². The largest absolute Gasteiger partial charge is 0.480 e. The molecule has 0 saturated heterocycles. The summed E-state index contributed by atoms with van der Waals surface area (Å²) in [5, 5.41) is 14.0. The molecule has 1 rings (SSSR count). The summed E-state index contributed by atoms with van der Waals surface area (Å²) < 4.78 is 0.930. The zero-order chi connectivity index (χ0) is 14.8. The van der Waals surface area contributed by atoms with Gasteiger partial charge in [-0.05, 0) is 51.0 Å². The number of nitrogens with one attached hydrogen (secondary N) is 2. The monoisotopic (exact) mass is 328 g/mol. The van der Waals surface area contributed by atoms with Crippen LogP contribution in [0.15, 0.2) is 16.6 Å². The quantitative estimate of drug-likeness (QED) is 0.797. The summed E-state index contributed by atoms with van der Waals surface area (Å²) in [4.78, 5) is 22.8. The Balaban J connectivity index is 2.87. The van der Waals surface area contributed by atoms with E-state index in [0.29, 0.717) is 5.69 Å². The molecule has 0 aliphatic carbocycles. The smallest absolute Gasteiger partial charge is 0.328 e. The Morgan fingerprint density at radius 1 is 1.21 bits per heavy atom. The van der Waals surface area contributed by atoms with Gasteiger partial charge in [-0.15, -0.1) is 0 Å². The van der Waals surface area contributed by atoms with Crippen molar-refractivity contribution in [1.29, 1.82) is 0 Å². The van der Waals surface area contributed by atoms with Gasteiger partial charge in [-0.25, -0.2) is 9.59 Å². The van der Waals surface area contributed by atoms with Gasteiger partial charge in [-0.2, -0.15) is 0 Å². The molecule has 19 heavy (non-hydrogen) atoms. The molecule has 0 heterocycles. The first kappa shape index (κ1) is 15.5. The summed E-state index contributed by atoms with van der Waals surface area (Å²) in [5.74, 6) is -1.09. The van der Waals surface area contributed by atoms with Gasteiger partial charge in [0, 0.05) is 10.2 Å². The molecular weight excluding hydrogens is 312 g/mol. The van der Waals surface area contributed by atoms with Gasteiger partial charge < -0.3 is 15.7 Å². The molecule has 0 atom stereocenters. The summed E-state index contributed by atoms with van der Waals surface area (Å²) in [5.41, 5.74) is 1.16. The number of halogens is 1. The van der Waals surface area contributed by atoms with Crippen LogP contribution < -0.4 is 10.6 Å². The summed E-state index contributed by atoms with van der Waals surface area (Å²) in [6.45, 7) is 6.60. The number of benzene rings is 1. The van der Waals surface area contributed by atoms with E-state index < -0.39 is 17.5 Å². The Kier molecular flexibility index (Phi) is 4.57. The molecule has 1 aromatic carbocycles. The molecule has 0 saturated carbocycles. The van der Waals surface area contributed by atoms with Crippen LogP contribution in [0.2, 0.25) is 0 Å². The van der Waals surface area contributed by atoms with Gasteiger partial charge in [0.05, 0.1) is 0 Å². The van der Waals surface area contributed by atoms with Gasteiger partial charge in [-0.3, -0.25) is 0 Å². The Hall–Kier alpha value is -1.56. The van der Waals surface area contributed by atoms with Crippen molar-refractivity contribution in [1.82, 2.24) is 5.32 Å². The molecule has 3 N–H and O–H groups in total. The number of hydrogen-bond donors (Lipinski definition) is 3. The van der Waals surface area contributed by atoms with E-state index in [-0.39, 0.29) is 0 Å². The molecule has 0 aliphatic heterocycles. The van der Waals surface area contributed by atoms with Crippen LogP contribution >= 0.6 is 15.9 Å². The molecule has 1 aromatic rings. The molecular formula is C13H17BrN2O3. The molecule has 0 bridgehead atoms. The fourth-order valence-corrected chi connectivity index (χ4v) is 2.28. The van der Waals surface area contributed by atoms with Crippen molar-refractivity contribution in [3.63, 3.8) is 0 Å². The van der Waals surface area contributed by atoms with Crippen molar-refractivity contribution in [2.75, 3.05) is 5.32 Å². The van der Waals surface area contributed by atoms with E-state index in [1.54, 1.807) is 0 Å². The van der Waals surface area contributed by atoms with Gasteiger partial charge in [-0.1, -0.05) is 15.9 Å². The first-order valence-electron chi connectivity index (χ1n) is 5.73. The lowest BCUT2D eigenvalue weighted by Crippen LogP contribution is -2.51. The fraction of sp³-hybridized carbons (Fsp3) is 0.385. The Labute approximate surface area is 120 Å². The zero-order valence-corrected chi connectivity index (χ0v) is 12.9. The maximum atomic E-state index is 11.8. The summed E-state index contributed by atoms with van der Waals surface area (Å²) in [7, 11) is 0.